The molecule has 1 amide bonds. The fourth-order valence-electron chi connectivity index (χ4n) is 5.81. The Kier molecular flexibility index (Phi) is 6.16. The van der Waals surface area contributed by atoms with Crippen LogP contribution < -0.4 is 4.74 Å². The van der Waals surface area contributed by atoms with Crippen LogP contribution in [0.15, 0.2) is 65.1 Å². The number of nitrogens with zero attached hydrogens (tertiary/aromatic N) is 3. The molecule has 6 rings (SSSR count). The Labute approximate surface area is 224 Å². The second-order valence-corrected chi connectivity index (χ2v) is 11.2. The molecule has 0 aromatic heterocycles. The standard InChI is InChI=1S/C28H29F2N3O4S/c1-3-4-6-21-16(2)24-22-17(14-38-21)23(30)18(29)13-20(22)37-12-5-8-28(9-10-28)31-15-33(24)32-11-7-19(34)26(35)25(32)27(31)36/h3-4,6-7,11,13,19,24,34-35H,2,5,8-10,12,14-15H2,1H3/b4-3-,21-6+/t19?,24-/m1/s1. The van der Waals surface area contributed by atoms with Crippen LogP contribution in [0.4, 0.5) is 8.78 Å². The van der Waals surface area contributed by atoms with Crippen molar-refractivity contribution in [3.8, 4) is 5.75 Å². The lowest BCUT2D eigenvalue weighted by Crippen LogP contribution is -2.61. The minimum Gasteiger partial charge on any atom is -0.507 e. The number of hydrogen-bond acceptors (Lipinski definition) is 7. The molecule has 38 heavy (non-hydrogen) atoms. The summed E-state index contributed by atoms with van der Waals surface area (Å²) in [6, 6.07) is 0.343. The third-order valence-electron chi connectivity index (χ3n) is 7.97. The molecule has 10 heteroatoms. The van der Waals surface area contributed by atoms with Gasteiger partial charge in [-0.15, -0.1) is 11.8 Å². The highest BCUT2D eigenvalue weighted by Gasteiger charge is 2.56. The fourth-order valence-corrected chi connectivity index (χ4v) is 6.87. The van der Waals surface area contributed by atoms with Crippen molar-refractivity contribution >= 4 is 17.7 Å². The molecule has 2 unspecified atom stereocenters. The van der Waals surface area contributed by atoms with Crippen molar-refractivity contribution in [2.45, 2.75) is 56.0 Å². The van der Waals surface area contributed by atoms with E-state index in [1.807, 2.05) is 30.2 Å². The highest BCUT2D eigenvalue weighted by atomic mass is 32.2. The first-order valence-electron chi connectivity index (χ1n) is 12.7. The molecule has 3 atom stereocenters. The van der Waals surface area contributed by atoms with Crippen LogP contribution >= 0.6 is 11.8 Å². The average molecular weight is 542 g/mol. The molecule has 0 radical (unpaired) electrons. The molecule has 2 N–H and O–H groups in total. The monoisotopic (exact) mass is 541 g/mol. The lowest BCUT2D eigenvalue weighted by atomic mass is 9.92. The van der Waals surface area contributed by atoms with Gasteiger partial charge in [-0.25, -0.2) is 8.78 Å². The molecule has 1 aromatic rings. The van der Waals surface area contributed by atoms with E-state index < -0.39 is 35.1 Å². The number of thioether (sulfide) groups is 1. The number of ether oxygens (including phenoxy) is 1. The predicted molar refractivity (Wildman–Crippen MR) is 139 cm³/mol. The van der Waals surface area contributed by atoms with E-state index in [4.69, 9.17) is 4.74 Å². The van der Waals surface area contributed by atoms with Gasteiger partial charge >= 0.3 is 0 Å². The topological polar surface area (TPSA) is 76.5 Å². The number of carbonyl (C=O) groups excluding carboxylic acids is 1. The molecular formula is C28H29F2N3O4S. The lowest BCUT2D eigenvalue weighted by Gasteiger charge is -2.51. The third kappa shape index (κ3) is 3.80. The summed E-state index contributed by atoms with van der Waals surface area (Å²) in [5, 5.41) is 24.7. The first-order chi connectivity index (χ1) is 18.3. The molecular weight excluding hydrogens is 512 g/mol. The molecule has 1 aromatic carbocycles. The van der Waals surface area contributed by atoms with E-state index in [2.05, 4.69) is 6.58 Å². The summed E-state index contributed by atoms with van der Waals surface area (Å²) in [5.74, 6) is -2.33. The zero-order chi connectivity index (χ0) is 26.8. The number of fused-ring (bicyclic) bond motifs is 6. The highest BCUT2D eigenvalue weighted by molar-refractivity contribution is 8.02. The quantitative estimate of drug-likeness (QED) is 0.521. The largest absolute Gasteiger partial charge is 0.507 e. The van der Waals surface area contributed by atoms with Crippen LogP contribution in [0.5, 0.6) is 5.75 Å². The van der Waals surface area contributed by atoms with Gasteiger partial charge in [0.2, 0.25) is 0 Å². The smallest absolute Gasteiger partial charge is 0.277 e. The van der Waals surface area contributed by atoms with E-state index in [1.165, 1.54) is 29.0 Å². The van der Waals surface area contributed by atoms with Crippen LogP contribution in [0, 0.1) is 11.6 Å². The number of benzene rings is 1. The fraction of sp³-hybridized carbons (Fsp3) is 0.393. The van der Waals surface area contributed by atoms with Crippen LogP contribution in [-0.2, 0) is 10.5 Å². The van der Waals surface area contributed by atoms with E-state index in [9.17, 15) is 19.4 Å². The summed E-state index contributed by atoms with van der Waals surface area (Å²) in [7, 11) is 0. The number of allylic oxidation sites excluding steroid dienone is 3. The maximum atomic E-state index is 15.4. The molecule has 1 aliphatic carbocycles. The summed E-state index contributed by atoms with van der Waals surface area (Å²) in [5.41, 5.74) is 0.792. The average Bonchev–Trinajstić information content (AvgIpc) is 3.70. The molecule has 200 valence electrons. The van der Waals surface area contributed by atoms with Crippen LogP contribution in [-0.4, -0.2) is 56.0 Å². The Bertz CT molecular complexity index is 1350. The number of hydrazine groups is 1. The first kappa shape index (κ1) is 25.2. The molecule has 4 aliphatic heterocycles. The van der Waals surface area contributed by atoms with E-state index >= 15 is 4.39 Å². The number of amides is 1. The van der Waals surface area contributed by atoms with Gasteiger partial charge in [-0.05, 0) is 50.3 Å². The number of aliphatic hydroxyl groups is 2. The van der Waals surface area contributed by atoms with Crippen molar-refractivity contribution in [2.24, 2.45) is 0 Å². The molecule has 2 bridgehead atoms. The number of hydrogen-bond donors (Lipinski definition) is 2. The third-order valence-corrected chi connectivity index (χ3v) is 9.11. The highest BCUT2D eigenvalue weighted by Crippen LogP contribution is 2.53. The van der Waals surface area contributed by atoms with Crippen LogP contribution in [0.1, 0.15) is 49.8 Å². The van der Waals surface area contributed by atoms with Crippen LogP contribution in [0.2, 0.25) is 0 Å². The van der Waals surface area contributed by atoms with Crippen molar-refractivity contribution in [1.82, 2.24) is 14.9 Å². The van der Waals surface area contributed by atoms with E-state index in [-0.39, 0.29) is 41.9 Å². The Hall–Kier alpha value is -3.08. The number of rotatable bonds is 1. The minimum absolute atomic E-state index is 0.0490. The summed E-state index contributed by atoms with van der Waals surface area (Å²) >= 11 is 1.36. The number of carbonyl (C=O) groups is 1. The maximum absolute atomic E-state index is 15.4. The first-order valence-corrected chi connectivity index (χ1v) is 13.7. The van der Waals surface area contributed by atoms with Crippen molar-refractivity contribution in [3.63, 3.8) is 0 Å². The van der Waals surface area contributed by atoms with Crippen molar-refractivity contribution < 1.29 is 28.5 Å². The molecule has 1 saturated carbocycles. The van der Waals surface area contributed by atoms with Gasteiger partial charge in [0, 0.05) is 39.6 Å². The van der Waals surface area contributed by atoms with Crippen LogP contribution in [0.25, 0.3) is 0 Å². The summed E-state index contributed by atoms with van der Waals surface area (Å²) in [6.45, 7) is 6.71. The van der Waals surface area contributed by atoms with Gasteiger partial charge in [0.05, 0.1) is 19.3 Å². The van der Waals surface area contributed by atoms with Gasteiger partial charge in [0.25, 0.3) is 5.91 Å². The minimum atomic E-state index is -1.33. The van der Waals surface area contributed by atoms with Crippen molar-refractivity contribution in [3.05, 3.63) is 87.8 Å². The normalized spacial score (nSPS) is 29.3. The summed E-state index contributed by atoms with van der Waals surface area (Å²) in [4.78, 5) is 16.4. The lowest BCUT2D eigenvalue weighted by molar-refractivity contribution is -0.156. The second kappa shape index (κ2) is 9.29. The molecule has 2 fully saturated rings. The van der Waals surface area contributed by atoms with Gasteiger partial charge in [-0.1, -0.05) is 18.7 Å². The number of aliphatic hydroxyl groups excluding tert-OH is 2. The zero-order valence-corrected chi connectivity index (χ0v) is 21.8. The Morgan fingerprint density at radius 2 is 2.08 bits per heavy atom. The Morgan fingerprint density at radius 1 is 1.29 bits per heavy atom. The van der Waals surface area contributed by atoms with E-state index in [1.54, 1.807) is 4.90 Å². The molecule has 4 heterocycles. The van der Waals surface area contributed by atoms with Gasteiger partial charge in [0.1, 0.15) is 11.9 Å². The summed E-state index contributed by atoms with van der Waals surface area (Å²) in [6.07, 6.45) is 10.1. The zero-order valence-electron chi connectivity index (χ0n) is 21.0. The van der Waals surface area contributed by atoms with E-state index in [0.29, 0.717) is 24.0 Å². The second-order valence-electron chi connectivity index (χ2n) is 10.2. The van der Waals surface area contributed by atoms with Gasteiger partial charge in [-0.3, -0.25) is 9.80 Å². The Morgan fingerprint density at radius 3 is 2.82 bits per heavy atom. The molecule has 7 nitrogen and oxygen atoms in total. The molecule has 1 spiro atoms. The SMILES string of the molecule is C=C1/C(=C\C=C/C)SCc2c(F)c(F)cc3c2[C@@H]1N1CN(C(=O)C2=C(O)C(O)C=CN21)C1(CCCO3)CC1. The maximum Gasteiger partial charge on any atom is 0.277 e. The summed E-state index contributed by atoms with van der Waals surface area (Å²) < 4.78 is 36.4. The van der Waals surface area contributed by atoms with Crippen molar-refractivity contribution in [2.75, 3.05) is 13.3 Å². The van der Waals surface area contributed by atoms with Gasteiger partial charge < -0.3 is 19.8 Å². The van der Waals surface area contributed by atoms with E-state index in [0.717, 1.165) is 23.8 Å². The molecule has 5 aliphatic rings. The predicted octanol–water partition coefficient (Wildman–Crippen LogP) is 4.95. The Balaban J connectivity index is 1.62. The van der Waals surface area contributed by atoms with Gasteiger partial charge in [0.15, 0.2) is 23.1 Å². The molecule has 1 saturated heterocycles. The number of halogens is 2. The van der Waals surface area contributed by atoms with Crippen LogP contribution in [0.3, 0.4) is 0 Å². The van der Waals surface area contributed by atoms with Gasteiger partial charge in [-0.2, -0.15) is 5.01 Å². The van der Waals surface area contributed by atoms with Crippen molar-refractivity contribution in [1.29, 1.82) is 0 Å².